The molecule has 0 radical (unpaired) electrons. The van der Waals surface area contributed by atoms with E-state index in [0.29, 0.717) is 0 Å². The van der Waals surface area contributed by atoms with Crippen LogP contribution in [0.2, 0.25) is 0.515 Å². The number of aliphatic hydroxyl groups is 2. The summed E-state index contributed by atoms with van der Waals surface area (Å²) in [5.41, 5.74) is -0.403. The van der Waals surface area contributed by atoms with Crippen molar-refractivity contribution in [1.82, 2.24) is 0 Å². The number of hydrogen-bond donors (Lipinski definition) is 2. The second-order valence-electron chi connectivity index (χ2n) is 4.03. The van der Waals surface area contributed by atoms with Crippen molar-refractivity contribution in [3.05, 3.63) is 0 Å². The molecular weight excluding hydrogens is 191 g/mol. The summed E-state index contributed by atoms with van der Waals surface area (Å²) in [6.45, 7) is 7.68. The van der Waals surface area contributed by atoms with Crippen molar-refractivity contribution in [3.63, 3.8) is 0 Å². The van der Waals surface area contributed by atoms with Crippen molar-refractivity contribution >= 4 is 49.0 Å². The van der Waals surface area contributed by atoms with E-state index in [1.807, 2.05) is 27.7 Å². The fraction of sp³-hybridized carbons (Fsp3) is 1.00. The first-order valence-corrected chi connectivity index (χ1v) is 7.48. The number of rotatable bonds is 4. The molecule has 76 valence electrons. The monoisotopic (exact) mass is 214 g/mol. The second-order valence-corrected chi connectivity index (χ2v) is 5.59. The fourth-order valence-corrected chi connectivity index (χ4v) is 2.81. The molecule has 0 saturated heterocycles. The van der Waals surface area contributed by atoms with Crippen LogP contribution < -0.4 is 0 Å². The maximum Gasteiger partial charge on any atom is 0.0535 e. The molecule has 0 amide bonds. The van der Waals surface area contributed by atoms with E-state index >= 15 is 0 Å². The zero-order chi connectivity index (χ0) is 10.9. The van der Waals surface area contributed by atoms with Crippen molar-refractivity contribution in [2.75, 3.05) is 0 Å². The molecule has 3 heteroatoms. The van der Waals surface area contributed by atoms with Crippen LogP contribution in [0, 0.1) is 0 Å². The molecule has 13 heavy (non-hydrogen) atoms. The molecule has 0 aromatic carbocycles. The molecule has 0 rings (SSSR count). The van der Waals surface area contributed by atoms with Gasteiger partial charge in [-0.3, -0.25) is 0 Å². The van der Waals surface area contributed by atoms with E-state index in [-0.39, 0.29) is 6.10 Å². The Morgan fingerprint density at radius 3 is 1.62 bits per heavy atom. The van der Waals surface area contributed by atoms with Gasteiger partial charge < -0.3 is 5.11 Å². The summed E-state index contributed by atoms with van der Waals surface area (Å²) in [7, 11) is 0. The molecule has 0 saturated carbocycles. The maximum atomic E-state index is 9.05. The Bertz CT molecular complexity index is 95.6. The van der Waals surface area contributed by atoms with Crippen LogP contribution in [0.5, 0.6) is 0 Å². The van der Waals surface area contributed by atoms with E-state index in [9.17, 15) is 0 Å². The number of aliphatic hydroxyl groups excluding tert-OH is 1. The summed E-state index contributed by atoms with van der Waals surface area (Å²) in [6, 6.07) is 0. The molecular formula is C10H23KO2. The molecule has 0 unspecified atom stereocenters. The van der Waals surface area contributed by atoms with E-state index < -0.39 is 5.60 Å². The third-order valence-electron chi connectivity index (χ3n) is 1.80. The zero-order valence-corrected chi connectivity index (χ0v) is 12.9. The van der Waals surface area contributed by atoms with E-state index in [1.54, 1.807) is 0 Å². The minimum Gasteiger partial charge on any atom is -0.393 e. The van der Waals surface area contributed by atoms with Gasteiger partial charge in [-0.15, -0.1) is 0 Å². The molecule has 0 heterocycles. The van der Waals surface area contributed by atoms with Crippen molar-refractivity contribution in [3.8, 4) is 0 Å². The van der Waals surface area contributed by atoms with E-state index in [1.165, 1.54) is 0.515 Å². The predicted molar refractivity (Wildman–Crippen MR) is 58.1 cm³/mol. The van der Waals surface area contributed by atoms with Gasteiger partial charge in [0.15, 0.2) is 0 Å². The average Bonchev–Trinajstić information content (AvgIpc) is 2.02. The summed E-state index contributed by atoms with van der Waals surface area (Å²) in [4.78, 5) is 0. The van der Waals surface area contributed by atoms with Crippen LogP contribution in [0.25, 0.3) is 0 Å². The molecule has 0 spiro atoms. The molecule has 0 aliphatic carbocycles. The molecule has 0 fully saturated rings. The Kier molecular flexibility index (Phi) is 13.2. The van der Waals surface area contributed by atoms with Gasteiger partial charge in [-0.05, 0) is 12.8 Å². The summed E-state index contributed by atoms with van der Waals surface area (Å²) in [5, 5.41) is 17.7. The molecule has 2 N–H and O–H groups in total. The predicted octanol–water partition coefficient (Wildman–Crippen LogP) is 1.90. The fourth-order valence-electron chi connectivity index (χ4n) is 0.900. The Morgan fingerprint density at radius 1 is 1.23 bits per heavy atom. The van der Waals surface area contributed by atoms with Crippen LogP contribution in [0.3, 0.4) is 0 Å². The van der Waals surface area contributed by atoms with Gasteiger partial charge in [-0.1, -0.05) is 13.8 Å². The van der Waals surface area contributed by atoms with E-state index in [0.717, 1.165) is 68.2 Å². The van der Waals surface area contributed by atoms with Crippen LogP contribution >= 0.6 is 0 Å². The zero-order valence-electron chi connectivity index (χ0n) is 9.80. The van der Waals surface area contributed by atoms with Crippen molar-refractivity contribution in [1.29, 1.82) is 0 Å². The van der Waals surface area contributed by atoms with Crippen LogP contribution in [-0.4, -0.2) is 70.9 Å². The summed E-state index contributed by atoms with van der Waals surface area (Å²) >= 11 is 0.910. The topological polar surface area (TPSA) is 40.5 Å². The molecule has 2 nitrogen and oxygen atoms in total. The van der Waals surface area contributed by atoms with Gasteiger partial charge in [0, 0.05) is 0 Å². The quantitative estimate of drug-likeness (QED) is 0.702. The van der Waals surface area contributed by atoms with Crippen LogP contribution in [0.4, 0.5) is 0 Å². The summed E-state index contributed by atoms with van der Waals surface area (Å²) in [6.07, 6.45) is 2.69. The molecule has 0 aromatic heterocycles. The van der Waals surface area contributed by atoms with Crippen molar-refractivity contribution < 1.29 is 10.2 Å². The van der Waals surface area contributed by atoms with E-state index in [4.69, 9.17) is 10.2 Å². The Morgan fingerprint density at radius 2 is 1.62 bits per heavy atom. The Labute approximate surface area is 117 Å². The molecule has 0 bridgehead atoms. The first-order valence-electron chi connectivity index (χ1n) is 5.27. The third kappa shape index (κ3) is 19.8. The van der Waals surface area contributed by atoms with E-state index in [2.05, 4.69) is 0 Å². The Hall–Kier alpha value is 1.56. The van der Waals surface area contributed by atoms with Gasteiger partial charge in [0.25, 0.3) is 0 Å². The summed E-state index contributed by atoms with van der Waals surface area (Å²) < 4.78 is 1.25. The molecule has 0 aliphatic rings. The second kappa shape index (κ2) is 10.1. The largest absolute Gasteiger partial charge is 0.393 e. The minimum absolute atomic E-state index is 0.0648. The first kappa shape index (κ1) is 17.0. The smallest absolute Gasteiger partial charge is 0.0535 e. The van der Waals surface area contributed by atoms with Gasteiger partial charge in [-0.25, -0.2) is 0 Å². The average molecular weight is 214 g/mol. The summed E-state index contributed by atoms with van der Waals surface area (Å²) in [5.74, 6) is 0. The van der Waals surface area contributed by atoms with Gasteiger partial charge in [0.05, 0.1) is 6.10 Å². The molecule has 0 aliphatic heterocycles. The van der Waals surface area contributed by atoms with Gasteiger partial charge in [0.1, 0.15) is 0 Å². The third-order valence-corrected chi connectivity index (χ3v) is 2.59. The first-order chi connectivity index (χ1) is 5.87. The van der Waals surface area contributed by atoms with Crippen LogP contribution in [-0.2, 0) is 0 Å². The van der Waals surface area contributed by atoms with Crippen molar-refractivity contribution in [2.45, 2.75) is 59.2 Å². The molecule has 0 aromatic rings. The SMILES string of the molecule is CC(C)(O)C[CH2][K].CCC(O)CC. The van der Waals surface area contributed by atoms with Crippen LogP contribution in [0.15, 0.2) is 0 Å². The van der Waals surface area contributed by atoms with Crippen LogP contribution in [0.1, 0.15) is 47.0 Å². The van der Waals surface area contributed by atoms with Crippen molar-refractivity contribution in [2.24, 2.45) is 0 Å². The van der Waals surface area contributed by atoms with Gasteiger partial charge in [0.2, 0.25) is 0 Å². The minimum atomic E-state index is -0.403. The normalized spacial score (nSPS) is 11.2. The standard InChI is InChI=1S/C5H11O.C5H12O.K/c1-4-5(2,3)6;1-3-5(6)4-2;/h6H,1,4H2,2-3H3;5-6H,3-4H2,1-2H3;. The van der Waals surface area contributed by atoms with Gasteiger partial charge in [-0.2, -0.15) is 0 Å². The number of hydrogen-bond acceptors (Lipinski definition) is 2. The maximum absolute atomic E-state index is 9.05. The van der Waals surface area contributed by atoms with Gasteiger partial charge >= 0.3 is 80.4 Å². The molecule has 0 atom stereocenters. The Balaban J connectivity index is 0.